The second-order valence-electron chi connectivity index (χ2n) is 9.17. The van der Waals surface area contributed by atoms with Crippen LogP contribution in [0.2, 0.25) is 0 Å². The van der Waals surface area contributed by atoms with Crippen LogP contribution in [-0.2, 0) is 0 Å². The number of nitrogens with one attached hydrogen (secondary N) is 1. The lowest BCUT2D eigenvalue weighted by atomic mass is 9.91. The van der Waals surface area contributed by atoms with Crippen molar-refractivity contribution in [1.82, 2.24) is 9.88 Å². The van der Waals surface area contributed by atoms with Crippen molar-refractivity contribution in [1.29, 1.82) is 5.26 Å². The summed E-state index contributed by atoms with van der Waals surface area (Å²) in [4.78, 5) is 18.7. The molecule has 3 N–H and O–H groups in total. The number of rotatable bonds is 4. The topological polar surface area (TPSA) is 85.9 Å². The van der Waals surface area contributed by atoms with Crippen LogP contribution in [-0.4, -0.2) is 35.4 Å². The summed E-state index contributed by atoms with van der Waals surface area (Å²) in [5, 5.41) is 10.1. The molecule has 5 rings (SSSR count). The molecular weight excluding hydrogens is 420 g/mol. The van der Waals surface area contributed by atoms with Gasteiger partial charge in [-0.2, -0.15) is 5.26 Å². The zero-order chi connectivity index (χ0) is 23.7. The van der Waals surface area contributed by atoms with Gasteiger partial charge in [0, 0.05) is 30.2 Å². The Kier molecular flexibility index (Phi) is 5.91. The molecule has 5 heteroatoms. The van der Waals surface area contributed by atoms with E-state index in [4.69, 9.17) is 5.73 Å². The normalized spacial score (nSPS) is 14.3. The van der Waals surface area contributed by atoms with E-state index in [1.54, 1.807) is 0 Å². The number of carbonyl (C=O) groups is 1. The van der Waals surface area contributed by atoms with E-state index in [0.717, 1.165) is 59.1 Å². The molecule has 1 fully saturated rings. The third-order valence-electron chi connectivity index (χ3n) is 6.97. The number of nitrogens with two attached hydrogens (primary N) is 1. The third kappa shape index (κ3) is 4.09. The molecule has 4 aromatic rings. The number of nitriles is 1. The molecule has 0 radical (unpaired) electrons. The second kappa shape index (κ2) is 9.17. The number of H-pyrrole nitrogens is 1. The largest absolute Gasteiger partial charge is 0.360 e. The van der Waals surface area contributed by atoms with Crippen molar-refractivity contribution in [3.05, 3.63) is 83.6 Å². The monoisotopic (exact) mass is 448 g/mol. The van der Waals surface area contributed by atoms with Crippen LogP contribution in [0.4, 0.5) is 0 Å². The predicted molar refractivity (Wildman–Crippen MR) is 136 cm³/mol. The van der Waals surface area contributed by atoms with Gasteiger partial charge in [0.25, 0.3) is 5.91 Å². The maximum Gasteiger partial charge on any atom is 0.256 e. The Morgan fingerprint density at radius 3 is 2.26 bits per heavy atom. The van der Waals surface area contributed by atoms with Gasteiger partial charge in [-0.3, -0.25) is 4.79 Å². The van der Waals surface area contributed by atoms with E-state index in [1.807, 2.05) is 35.4 Å². The van der Waals surface area contributed by atoms with E-state index >= 15 is 0 Å². The van der Waals surface area contributed by atoms with Crippen LogP contribution < -0.4 is 5.73 Å². The molecule has 170 valence electrons. The van der Waals surface area contributed by atoms with Gasteiger partial charge < -0.3 is 15.6 Å². The number of carbonyl (C=O) groups excluding carboxylic acids is 1. The summed E-state index contributed by atoms with van der Waals surface area (Å²) in [7, 11) is 0. The van der Waals surface area contributed by atoms with Crippen molar-refractivity contribution in [2.24, 2.45) is 11.7 Å². The molecule has 0 unspecified atom stereocenters. The third-order valence-corrected chi connectivity index (χ3v) is 6.97. The number of aromatic nitrogens is 1. The number of benzene rings is 3. The van der Waals surface area contributed by atoms with E-state index < -0.39 is 0 Å². The van der Waals surface area contributed by atoms with Gasteiger partial charge in [-0.25, -0.2) is 0 Å². The standard InChI is InChI=1S/C29H28N4O/c1-19-2-6-22(7-3-19)25-15-28-26(14-24(25)23-8-4-20(16-30)5-9-23)27(18-32-28)29(34)33-12-10-21(17-31)11-13-33/h2-9,14-15,18,21,32H,10-13,17,31H2,1H3. The van der Waals surface area contributed by atoms with Gasteiger partial charge in [0.1, 0.15) is 0 Å². The summed E-state index contributed by atoms with van der Waals surface area (Å²) in [5.74, 6) is 0.572. The fourth-order valence-electron chi connectivity index (χ4n) is 4.82. The minimum Gasteiger partial charge on any atom is -0.360 e. The first-order valence-electron chi connectivity index (χ1n) is 11.8. The number of hydrogen-bond donors (Lipinski definition) is 2. The quantitative estimate of drug-likeness (QED) is 0.433. The number of hydrogen-bond acceptors (Lipinski definition) is 3. The van der Waals surface area contributed by atoms with E-state index in [0.29, 0.717) is 23.6 Å². The highest BCUT2D eigenvalue weighted by Crippen LogP contribution is 2.37. The summed E-state index contributed by atoms with van der Waals surface area (Å²) in [6.45, 7) is 4.26. The number of aromatic amines is 1. The number of piperidine rings is 1. The van der Waals surface area contributed by atoms with E-state index in [-0.39, 0.29) is 5.91 Å². The SMILES string of the molecule is Cc1ccc(-c2cc3[nH]cc(C(=O)N4CCC(CN)CC4)c3cc2-c2ccc(C#N)cc2)cc1. The van der Waals surface area contributed by atoms with E-state index in [1.165, 1.54) is 5.56 Å². The van der Waals surface area contributed by atoms with Crippen LogP contribution in [0.3, 0.4) is 0 Å². The van der Waals surface area contributed by atoms with Crippen molar-refractivity contribution < 1.29 is 4.79 Å². The minimum atomic E-state index is 0.0654. The van der Waals surface area contributed by atoms with Crippen LogP contribution >= 0.6 is 0 Å². The van der Waals surface area contributed by atoms with Crippen LogP contribution in [0.25, 0.3) is 33.2 Å². The Morgan fingerprint density at radius 1 is 1.03 bits per heavy atom. The fourth-order valence-corrected chi connectivity index (χ4v) is 4.82. The Labute approximate surface area is 199 Å². The van der Waals surface area contributed by atoms with Gasteiger partial charge in [-0.15, -0.1) is 0 Å². The molecule has 2 heterocycles. The fraction of sp³-hybridized carbons (Fsp3) is 0.241. The average molecular weight is 449 g/mol. The molecule has 0 spiro atoms. The maximum absolute atomic E-state index is 13.4. The zero-order valence-corrected chi connectivity index (χ0v) is 19.3. The molecule has 0 atom stereocenters. The van der Waals surface area contributed by atoms with Crippen molar-refractivity contribution in [2.45, 2.75) is 19.8 Å². The maximum atomic E-state index is 13.4. The molecule has 1 saturated heterocycles. The van der Waals surface area contributed by atoms with Crippen LogP contribution in [0, 0.1) is 24.2 Å². The molecule has 0 bridgehead atoms. The van der Waals surface area contributed by atoms with E-state index in [2.05, 4.69) is 54.4 Å². The lowest BCUT2D eigenvalue weighted by Crippen LogP contribution is -2.40. The highest BCUT2D eigenvalue weighted by Gasteiger charge is 2.25. The molecule has 3 aromatic carbocycles. The summed E-state index contributed by atoms with van der Waals surface area (Å²) >= 11 is 0. The van der Waals surface area contributed by atoms with Gasteiger partial charge >= 0.3 is 0 Å². The molecule has 1 aliphatic rings. The van der Waals surface area contributed by atoms with Crippen LogP contribution in [0.15, 0.2) is 66.9 Å². The zero-order valence-electron chi connectivity index (χ0n) is 19.3. The number of aryl methyl sites for hydroxylation is 1. The Bertz CT molecular complexity index is 1370. The first kappa shape index (κ1) is 21.9. The Morgan fingerprint density at radius 2 is 1.65 bits per heavy atom. The lowest BCUT2D eigenvalue weighted by Gasteiger charge is -2.31. The highest BCUT2D eigenvalue weighted by molar-refractivity contribution is 6.09. The van der Waals surface area contributed by atoms with Crippen molar-refractivity contribution >= 4 is 16.8 Å². The van der Waals surface area contributed by atoms with Crippen molar-refractivity contribution in [3.8, 4) is 28.3 Å². The molecule has 34 heavy (non-hydrogen) atoms. The number of nitrogens with zero attached hydrogens (tertiary/aromatic N) is 2. The summed E-state index contributed by atoms with van der Waals surface area (Å²) in [6, 6.07) is 22.5. The molecule has 1 amide bonds. The predicted octanol–water partition coefficient (Wildman–Crippen LogP) is 5.49. The lowest BCUT2D eigenvalue weighted by molar-refractivity contribution is 0.0695. The van der Waals surface area contributed by atoms with Crippen molar-refractivity contribution in [3.63, 3.8) is 0 Å². The Balaban J connectivity index is 1.61. The van der Waals surface area contributed by atoms with Crippen LogP contribution in [0.1, 0.15) is 34.3 Å². The summed E-state index contributed by atoms with van der Waals surface area (Å²) in [5.41, 5.74) is 13.5. The number of fused-ring (bicyclic) bond motifs is 1. The molecular formula is C29H28N4O. The molecule has 0 saturated carbocycles. The van der Waals surface area contributed by atoms with E-state index in [9.17, 15) is 10.1 Å². The van der Waals surface area contributed by atoms with Gasteiger partial charge in [-0.05, 0) is 78.7 Å². The molecule has 1 aromatic heterocycles. The van der Waals surface area contributed by atoms with Crippen LogP contribution in [0.5, 0.6) is 0 Å². The average Bonchev–Trinajstić information content (AvgIpc) is 3.31. The minimum absolute atomic E-state index is 0.0654. The molecule has 1 aliphatic heterocycles. The first-order chi connectivity index (χ1) is 16.6. The smallest absolute Gasteiger partial charge is 0.256 e. The van der Waals surface area contributed by atoms with Gasteiger partial charge in [0.2, 0.25) is 0 Å². The van der Waals surface area contributed by atoms with Crippen molar-refractivity contribution in [2.75, 3.05) is 19.6 Å². The summed E-state index contributed by atoms with van der Waals surface area (Å²) in [6.07, 6.45) is 3.75. The van der Waals surface area contributed by atoms with Gasteiger partial charge in [-0.1, -0.05) is 42.0 Å². The Hall–Kier alpha value is -3.88. The number of likely N-dealkylation sites (tertiary alicyclic amines) is 1. The number of amides is 1. The second-order valence-corrected chi connectivity index (χ2v) is 9.17. The first-order valence-corrected chi connectivity index (χ1v) is 11.8. The van der Waals surface area contributed by atoms with Gasteiger partial charge in [0.15, 0.2) is 0 Å². The van der Waals surface area contributed by atoms with Gasteiger partial charge in [0.05, 0.1) is 17.2 Å². The molecule has 5 nitrogen and oxygen atoms in total. The summed E-state index contributed by atoms with van der Waals surface area (Å²) < 4.78 is 0. The molecule has 0 aliphatic carbocycles. The highest BCUT2D eigenvalue weighted by atomic mass is 16.2.